The predicted octanol–water partition coefficient (Wildman–Crippen LogP) is 3.46. The summed E-state index contributed by atoms with van der Waals surface area (Å²) < 4.78 is 19.8. The van der Waals surface area contributed by atoms with Crippen molar-refractivity contribution in [1.82, 2.24) is 20.1 Å². The highest BCUT2D eigenvalue weighted by Gasteiger charge is 2.27. The second-order valence-electron chi connectivity index (χ2n) is 8.10. The number of piperidine rings is 1. The van der Waals surface area contributed by atoms with Gasteiger partial charge in [0.15, 0.2) is 11.6 Å². The molecule has 1 amide bonds. The zero-order valence-electron chi connectivity index (χ0n) is 16.7. The molecule has 3 rings (SSSR count). The van der Waals surface area contributed by atoms with Gasteiger partial charge in [-0.3, -0.25) is 14.9 Å². The van der Waals surface area contributed by atoms with Gasteiger partial charge in [-0.05, 0) is 37.4 Å². The topological polar surface area (TPSA) is 83.1 Å². The van der Waals surface area contributed by atoms with E-state index in [1.54, 1.807) is 6.07 Å². The van der Waals surface area contributed by atoms with Crippen molar-refractivity contribution in [3.8, 4) is 17.0 Å². The number of aromatic nitrogens is 3. The normalized spacial score (nSPS) is 15.4. The third-order valence-electron chi connectivity index (χ3n) is 4.94. The smallest absolute Gasteiger partial charge is 0.226 e. The zero-order chi connectivity index (χ0) is 20.1. The number of methoxy groups -OCH3 is 1. The molecule has 1 aliphatic heterocycles. The van der Waals surface area contributed by atoms with E-state index in [0.29, 0.717) is 17.7 Å². The van der Waals surface area contributed by atoms with Gasteiger partial charge >= 0.3 is 0 Å². The second kappa shape index (κ2) is 8.68. The van der Waals surface area contributed by atoms with Crippen molar-refractivity contribution < 1.29 is 13.9 Å². The summed E-state index contributed by atoms with van der Waals surface area (Å²) in [7, 11) is 1.52. The summed E-state index contributed by atoms with van der Waals surface area (Å²) in [6.45, 7) is 7.14. The highest BCUT2D eigenvalue weighted by molar-refractivity contribution is 5.91. The maximum atomic E-state index is 14.7. The minimum Gasteiger partial charge on any atom is -0.495 e. The molecule has 0 aliphatic carbocycles. The fourth-order valence-electron chi connectivity index (χ4n) is 3.66. The van der Waals surface area contributed by atoms with Gasteiger partial charge in [-0.1, -0.05) is 20.3 Å². The molecule has 0 bridgehead atoms. The van der Waals surface area contributed by atoms with Crippen LogP contribution in [0.4, 0.5) is 10.2 Å². The number of anilines is 1. The minimum absolute atomic E-state index is 0.100. The fraction of sp³-hybridized carbons (Fsp3) is 0.550. The van der Waals surface area contributed by atoms with Crippen LogP contribution in [0.5, 0.6) is 5.75 Å². The summed E-state index contributed by atoms with van der Waals surface area (Å²) >= 11 is 0. The first-order valence-corrected chi connectivity index (χ1v) is 9.63. The largest absolute Gasteiger partial charge is 0.495 e. The summed E-state index contributed by atoms with van der Waals surface area (Å²) in [5.74, 6) is -0.451. The number of aromatic amines is 1. The maximum Gasteiger partial charge on any atom is 0.226 e. The van der Waals surface area contributed by atoms with Gasteiger partial charge in [0.05, 0.1) is 13.3 Å². The van der Waals surface area contributed by atoms with Crippen LogP contribution >= 0.6 is 0 Å². The highest BCUT2D eigenvalue weighted by atomic mass is 19.1. The Balaban J connectivity index is 1.63. The van der Waals surface area contributed by atoms with Gasteiger partial charge in [-0.15, -0.1) is 0 Å². The first kappa shape index (κ1) is 20.3. The monoisotopic (exact) mass is 389 g/mol. The van der Waals surface area contributed by atoms with Gasteiger partial charge < -0.3 is 15.0 Å². The molecule has 1 fully saturated rings. The van der Waals surface area contributed by atoms with Gasteiger partial charge in [0.2, 0.25) is 5.91 Å². The van der Waals surface area contributed by atoms with Crippen LogP contribution in [0.1, 0.15) is 39.5 Å². The number of hydrogen-bond donors (Lipinski definition) is 2. The quantitative estimate of drug-likeness (QED) is 0.758. The number of hydrogen-bond acceptors (Lipinski definition) is 5. The van der Waals surface area contributed by atoms with Crippen LogP contribution in [-0.2, 0) is 4.79 Å². The molecular formula is C20H28FN5O2. The Bertz CT molecular complexity index is 815. The van der Waals surface area contributed by atoms with E-state index in [9.17, 15) is 9.18 Å². The lowest BCUT2D eigenvalue weighted by Gasteiger charge is -2.34. The van der Waals surface area contributed by atoms with Crippen LogP contribution in [0, 0.1) is 11.2 Å². The fourth-order valence-corrected chi connectivity index (χ4v) is 3.66. The Labute approximate surface area is 164 Å². The Morgan fingerprint density at radius 3 is 2.79 bits per heavy atom. The van der Waals surface area contributed by atoms with Gasteiger partial charge in [0.1, 0.15) is 11.4 Å². The number of ether oxygens (including phenoxy) is 1. The molecule has 2 N–H and O–H groups in total. The molecular weight excluding hydrogens is 361 g/mol. The van der Waals surface area contributed by atoms with Crippen molar-refractivity contribution >= 4 is 11.7 Å². The number of likely N-dealkylation sites (tertiary alicyclic amines) is 1. The minimum atomic E-state index is -0.614. The molecule has 1 aliphatic rings. The van der Waals surface area contributed by atoms with E-state index in [1.807, 2.05) is 0 Å². The lowest BCUT2D eigenvalue weighted by Crippen LogP contribution is -2.39. The van der Waals surface area contributed by atoms with Gasteiger partial charge in [0.25, 0.3) is 0 Å². The Kier molecular flexibility index (Phi) is 6.28. The lowest BCUT2D eigenvalue weighted by molar-refractivity contribution is -0.118. The number of nitrogens with zero attached hydrogens (tertiary/aromatic N) is 3. The standard InChI is InChI=1S/C20H28FN5O2/c1-20(2,13-26-7-5-4-6-8-26)10-16(27)23-19-17(21)18(24-25-19)14-9-15(28-3)12-22-11-14/h9,11-12H,4-8,10,13H2,1-3H3,(H2,23,24,25,27). The molecule has 0 unspecified atom stereocenters. The molecule has 7 nitrogen and oxygen atoms in total. The van der Waals surface area contributed by atoms with Crippen LogP contribution in [0.25, 0.3) is 11.3 Å². The highest BCUT2D eigenvalue weighted by Crippen LogP contribution is 2.28. The molecule has 0 saturated carbocycles. The van der Waals surface area contributed by atoms with Crippen molar-refractivity contribution in [2.75, 3.05) is 32.1 Å². The van der Waals surface area contributed by atoms with E-state index in [-0.39, 0.29) is 22.8 Å². The molecule has 2 aromatic rings. The molecule has 0 aromatic carbocycles. The summed E-state index contributed by atoms with van der Waals surface area (Å²) in [6.07, 6.45) is 7.04. The number of nitrogens with one attached hydrogen (secondary N) is 2. The molecule has 152 valence electrons. The average molecular weight is 389 g/mol. The second-order valence-corrected chi connectivity index (χ2v) is 8.10. The predicted molar refractivity (Wildman–Crippen MR) is 106 cm³/mol. The maximum absolute atomic E-state index is 14.7. The number of amides is 1. The molecule has 8 heteroatoms. The van der Waals surface area contributed by atoms with E-state index in [2.05, 4.69) is 39.2 Å². The Morgan fingerprint density at radius 2 is 2.07 bits per heavy atom. The summed E-state index contributed by atoms with van der Waals surface area (Å²) in [6, 6.07) is 1.65. The van der Waals surface area contributed by atoms with Crippen LogP contribution in [0.15, 0.2) is 18.5 Å². The summed E-state index contributed by atoms with van der Waals surface area (Å²) in [5, 5.41) is 9.15. The molecule has 0 spiro atoms. The van der Waals surface area contributed by atoms with Crippen LogP contribution < -0.4 is 10.1 Å². The van der Waals surface area contributed by atoms with Crippen molar-refractivity contribution in [2.45, 2.75) is 39.5 Å². The summed E-state index contributed by atoms with van der Waals surface area (Å²) in [4.78, 5) is 18.9. The third kappa shape index (κ3) is 5.07. The van der Waals surface area contributed by atoms with E-state index in [4.69, 9.17) is 4.74 Å². The summed E-state index contributed by atoms with van der Waals surface area (Å²) in [5.41, 5.74) is 0.456. The van der Waals surface area contributed by atoms with E-state index < -0.39 is 5.82 Å². The number of carbonyl (C=O) groups excluding carboxylic acids is 1. The molecule has 28 heavy (non-hydrogen) atoms. The van der Waals surface area contributed by atoms with E-state index in [0.717, 1.165) is 19.6 Å². The number of halogens is 1. The molecule has 2 aromatic heterocycles. The third-order valence-corrected chi connectivity index (χ3v) is 4.94. The van der Waals surface area contributed by atoms with E-state index >= 15 is 0 Å². The van der Waals surface area contributed by atoms with Crippen LogP contribution in [-0.4, -0.2) is 52.7 Å². The molecule has 0 radical (unpaired) electrons. The number of carbonyl (C=O) groups is 1. The van der Waals surface area contributed by atoms with Crippen LogP contribution in [0.3, 0.4) is 0 Å². The van der Waals surface area contributed by atoms with Gasteiger partial charge in [-0.25, -0.2) is 4.39 Å². The van der Waals surface area contributed by atoms with Crippen LogP contribution in [0.2, 0.25) is 0 Å². The molecule has 1 saturated heterocycles. The van der Waals surface area contributed by atoms with Crippen molar-refractivity contribution in [2.24, 2.45) is 5.41 Å². The lowest BCUT2D eigenvalue weighted by atomic mass is 9.87. The van der Waals surface area contributed by atoms with Crippen molar-refractivity contribution in [1.29, 1.82) is 0 Å². The van der Waals surface area contributed by atoms with Gasteiger partial charge in [0, 0.05) is 24.7 Å². The Morgan fingerprint density at radius 1 is 1.32 bits per heavy atom. The first-order valence-electron chi connectivity index (χ1n) is 9.63. The van der Waals surface area contributed by atoms with Gasteiger partial charge in [-0.2, -0.15) is 5.10 Å². The number of pyridine rings is 1. The Hall–Kier alpha value is -2.48. The number of rotatable bonds is 7. The molecule has 0 atom stereocenters. The van der Waals surface area contributed by atoms with Crippen molar-refractivity contribution in [3.05, 3.63) is 24.3 Å². The first-order chi connectivity index (χ1) is 13.4. The SMILES string of the molecule is COc1cncc(-c2[nH]nc(NC(=O)CC(C)(C)CN3CCCCC3)c2F)c1. The number of H-pyrrole nitrogens is 1. The van der Waals surface area contributed by atoms with E-state index in [1.165, 1.54) is 38.8 Å². The zero-order valence-corrected chi connectivity index (χ0v) is 16.7. The average Bonchev–Trinajstić information content (AvgIpc) is 3.02. The molecule has 3 heterocycles. The van der Waals surface area contributed by atoms with Crippen molar-refractivity contribution in [3.63, 3.8) is 0 Å².